The minimum atomic E-state index is -0.302. The summed E-state index contributed by atoms with van der Waals surface area (Å²) in [5, 5.41) is 0.489. The van der Waals surface area contributed by atoms with Crippen LogP contribution >= 0.6 is 0 Å². The molecule has 0 bridgehead atoms. The maximum atomic E-state index is 11.7. The van der Waals surface area contributed by atoms with Crippen molar-refractivity contribution in [3.05, 3.63) is 34.6 Å². The molecule has 0 saturated carbocycles. The second-order valence-corrected chi connectivity index (χ2v) is 3.02. The summed E-state index contributed by atoms with van der Waals surface area (Å²) in [7, 11) is 0. The van der Waals surface area contributed by atoms with Crippen LogP contribution in [0.3, 0.4) is 0 Å². The van der Waals surface area contributed by atoms with E-state index in [1.807, 2.05) is 6.07 Å². The van der Waals surface area contributed by atoms with E-state index < -0.39 is 0 Å². The molecule has 1 aromatic carbocycles. The van der Waals surface area contributed by atoms with Gasteiger partial charge in [-0.15, -0.1) is 0 Å². The lowest BCUT2D eigenvalue weighted by Crippen LogP contribution is -2.29. The van der Waals surface area contributed by atoms with Gasteiger partial charge in [-0.3, -0.25) is 4.79 Å². The van der Waals surface area contributed by atoms with Crippen LogP contribution in [0.1, 0.15) is 6.92 Å². The number of ether oxygens (including phenoxy) is 1. The van der Waals surface area contributed by atoms with E-state index in [9.17, 15) is 4.79 Å². The SMILES string of the molecule is CCOc1nc2ccccc2c(=O)n1N. The number of hydrogen-bond acceptors (Lipinski definition) is 4. The predicted octanol–water partition coefficient (Wildman–Crippen LogP) is 0.509. The molecule has 0 aliphatic heterocycles. The lowest BCUT2D eigenvalue weighted by molar-refractivity contribution is 0.301. The first kappa shape index (κ1) is 9.51. The Hall–Kier alpha value is -2.04. The zero-order valence-electron chi connectivity index (χ0n) is 8.30. The normalized spacial score (nSPS) is 10.5. The van der Waals surface area contributed by atoms with Crippen molar-refractivity contribution in [3.8, 4) is 6.01 Å². The van der Waals surface area contributed by atoms with Crippen molar-refractivity contribution in [1.29, 1.82) is 0 Å². The number of nitrogen functional groups attached to an aromatic ring is 1. The van der Waals surface area contributed by atoms with Crippen LogP contribution in [-0.4, -0.2) is 16.3 Å². The zero-order chi connectivity index (χ0) is 10.8. The van der Waals surface area contributed by atoms with Crippen molar-refractivity contribution in [1.82, 2.24) is 9.66 Å². The van der Waals surface area contributed by atoms with Gasteiger partial charge < -0.3 is 10.6 Å². The molecule has 0 unspecified atom stereocenters. The minimum Gasteiger partial charge on any atom is -0.464 e. The largest absolute Gasteiger partial charge is 0.464 e. The van der Waals surface area contributed by atoms with Crippen LogP contribution in [0.4, 0.5) is 0 Å². The summed E-state index contributed by atoms with van der Waals surface area (Å²) in [6.45, 7) is 2.23. The molecule has 15 heavy (non-hydrogen) atoms. The van der Waals surface area contributed by atoms with Crippen molar-refractivity contribution >= 4 is 10.9 Å². The van der Waals surface area contributed by atoms with Gasteiger partial charge in [-0.1, -0.05) is 12.1 Å². The fraction of sp³-hybridized carbons (Fsp3) is 0.200. The third kappa shape index (κ3) is 1.52. The molecule has 1 aromatic heterocycles. The number of nitrogens with two attached hydrogens (primary N) is 1. The molecule has 0 atom stereocenters. The highest BCUT2D eigenvalue weighted by Crippen LogP contribution is 2.10. The molecule has 0 spiro atoms. The molecule has 1 heterocycles. The third-order valence-electron chi connectivity index (χ3n) is 2.05. The number of para-hydroxylation sites is 1. The molecule has 5 nitrogen and oxygen atoms in total. The van der Waals surface area contributed by atoms with Crippen LogP contribution in [0.15, 0.2) is 29.1 Å². The molecular weight excluding hydrogens is 194 g/mol. The Morgan fingerprint density at radius 2 is 2.20 bits per heavy atom. The number of rotatable bonds is 2. The van der Waals surface area contributed by atoms with Crippen LogP contribution in [0.25, 0.3) is 10.9 Å². The van der Waals surface area contributed by atoms with Crippen molar-refractivity contribution in [3.63, 3.8) is 0 Å². The van der Waals surface area contributed by atoms with Crippen LogP contribution in [0.2, 0.25) is 0 Å². The van der Waals surface area contributed by atoms with Crippen LogP contribution < -0.4 is 16.1 Å². The summed E-state index contributed by atoms with van der Waals surface area (Å²) >= 11 is 0. The Kier molecular flexibility index (Phi) is 2.29. The standard InChI is InChI=1S/C10H11N3O2/c1-2-15-10-12-8-6-4-3-5-7(8)9(14)13(10)11/h3-6H,2,11H2,1H3. The van der Waals surface area contributed by atoms with E-state index in [4.69, 9.17) is 10.6 Å². The average molecular weight is 205 g/mol. The highest BCUT2D eigenvalue weighted by Gasteiger charge is 2.08. The summed E-state index contributed by atoms with van der Waals surface area (Å²) in [5.41, 5.74) is 0.289. The lowest BCUT2D eigenvalue weighted by atomic mass is 10.2. The first-order chi connectivity index (χ1) is 7.24. The molecule has 5 heteroatoms. The molecule has 2 aromatic rings. The van der Waals surface area contributed by atoms with Crippen molar-refractivity contribution in [2.75, 3.05) is 12.4 Å². The van der Waals surface area contributed by atoms with Gasteiger partial charge in [0.15, 0.2) is 0 Å². The second-order valence-electron chi connectivity index (χ2n) is 3.02. The predicted molar refractivity (Wildman–Crippen MR) is 57.3 cm³/mol. The smallest absolute Gasteiger partial charge is 0.319 e. The van der Waals surface area contributed by atoms with Gasteiger partial charge in [-0.2, -0.15) is 9.66 Å². The quantitative estimate of drug-likeness (QED) is 0.725. The maximum absolute atomic E-state index is 11.7. The van der Waals surface area contributed by atoms with Gasteiger partial charge in [0.25, 0.3) is 5.56 Å². The van der Waals surface area contributed by atoms with E-state index in [0.29, 0.717) is 17.5 Å². The molecule has 0 aliphatic rings. The van der Waals surface area contributed by atoms with Gasteiger partial charge in [0, 0.05) is 0 Å². The summed E-state index contributed by atoms with van der Waals surface area (Å²) in [6.07, 6.45) is 0. The summed E-state index contributed by atoms with van der Waals surface area (Å²) in [6, 6.07) is 7.15. The highest BCUT2D eigenvalue weighted by atomic mass is 16.5. The Balaban J connectivity index is 2.77. The Morgan fingerprint density at radius 1 is 1.47 bits per heavy atom. The number of benzene rings is 1. The number of aromatic nitrogens is 2. The summed E-state index contributed by atoms with van der Waals surface area (Å²) < 4.78 is 6.07. The average Bonchev–Trinajstić information content (AvgIpc) is 2.26. The number of nitrogens with zero attached hydrogens (tertiary/aromatic N) is 2. The molecule has 0 fully saturated rings. The fourth-order valence-corrected chi connectivity index (χ4v) is 1.36. The maximum Gasteiger partial charge on any atom is 0.319 e. The third-order valence-corrected chi connectivity index (χ3v) is 2.05. The first-order valence-electron chi connectivity index (χ1n) is 4.63. The van der Waals surface area contributed by atoms with Gasteiger partial charge in [0.05, 0.1) is 17.5 Å². The van der Waals surface area contributed by atoms with Gasteiger partial charge in [0.1, 0.15) is 0 Å². The zero-order valence-corrected chi connectivity index (χ0v) is 8.30. The molecule has 2 N–H and O–H groups in total. The van der Waals surface area contributed by atoms with Gasteiger partial charge >= 0.3 is 6.01 Å². The molecule has 0 aliphatic carbocycles. The molecule has 0 saturated heterocycles. The van der Waals surface area contributed by atoms with E-state index in [1.165, 1.54) is 0 Å². The monoisotopic (exact) mass is 205 g/mol. The Morgan fingerprint density at radius 3 is 2.93 bits per heavy atom. The van der Waals surface area contributed by atoms with E-state index in [0.717, 1.165) is 4.68 Å². The van der Waals surface area contributed by atoms with E-state index in [2.05, 4.69) is 4.98 Å². The van der Waals surface area contributed by atoms with Crippen LogP contribution in [0.5, 0.6) is 6.01 Å². The van der Waals surface area contributed by atoms with Gasteiger partial charge in [-0.25, -0.2) is 0 Å². The van der Waals surface area contributed by atoms with Crippen molar-refractivity contribution < 1.29 is 4.74 Å². The molecule has 78 valence electrons. The van der Waals surface area contributed by atoms with Gasteiger partial charge in [-0.05, 0) is 19.1 Å². The topological polar surface area (TPSA) is 70.1 Å². The van der Waals surface area contributed by atoms with E-state index in [1.54, 1.807) is 25.1 Å². The summed E-state index contributed by atoms with van der Waals surface area (Å²) in [5.74, 6) is 5.55. The number of fused-ring (bicyclic) bond motifs is 1. The van der Waals surface area contributed by atoms with Crippen LogP contribution in [-0.2, 0) is 0 Å². The lowest BCUT2D eigenvalue weighted by Gasteiger charge is -2.07. The Bertz CT molecular complexity index is 548. The van der Waals surface area contributed by atoms with Crippen LogP contribution in [0, 0.1) is 0 Å². The minimum absolute atomic E-state index is 0.140. The second kappa shape index (κ2) is 3.61. The molecular formula is C10H11N3O2. The van der Waals surface area contributed by atoms with E-state index >= 15 is 0 Å². The number of hydrogen-bond donors (Lipinski definition) is 1. The van der Waals surface area contributed by atoms with Gasteiger partial charge in [0.2, 0.25) is 0 Å². The Labute approximate surface area is 86.1 Å². The molecule has 0 amide bonds. The first-order valence-corrected chi connectivity index (χ1v) is 4.63. The fourth-order valence-electron chi connectivity index (χ4n) is 1.36. The van der Waals surface area contributed by atoms with E-state index in [-0.39, 0.29) is 11.6 Å². The van der Waals surface area contributed by atoms with Crippen molar-refractivity contribution in [2.45, 2.75) is 6.92 Å². The van der Waals surface area contributed by atoms with Crippen molar-refractivity contribution in [2.24, 2.45) is 0 Å². The summed E-state index contributed by atoms with van der Waals surface area (Å²) in [4.78, 5) is 15.9. The highest BCUT2D eigenvalue weighted by molar-refractivity contribution is 5.77. The molecule has 2 rings (SSSR count). The molecule has 0 radical (unpaired) electrons.